The minimum atomic E-state index is -1.93. The number of fused-ring (bicyclic) bond motifs is 1. The third kappa shape index (κ3) is 4.23. The summed E-state index contributed by atoms with van der Waals surface area (Å²) >= 11 is 0. The van der Waals surface area contributed by atoms with Crippen molar-refractivity contribution in [1.82, 2.24) is 0 Å². The molecule has 0 bridgehead atoms. The third-order valence-corrected chi connectivity index (χ3v) is 5.18. The molecule has 2 atom stereocenters. The third-order valence-electron chi connectivity index (χ3n) is 5.18. The molecular weight excluding hydrogens is 402 g/mol. The average molecular weight is 427 g/mol. The molecule has 2 aromatic rings. The Hall–Kier alpha value is -3.42. The van der Waals surface area contributed by atoms with Gasteiger partial charge in [0.2, 0.25) is 6.54 Å². The summed E-state index contributed by atoms with van der Waals surface area (Å²) in [7, 11) is 1.44. The topological polar surface area (TPSA) is 105 Å². The lowest BCUT2D eigenvalue weighted by atomic mass is 9.66. The molecule has 3 rings (SSSR count). The van der Waals surface area contributed by atoms with E-state index < -0.39 is 46.8 Å². The molecule has 0 saturated carbocycles. The van der Waals surface area contributed by atoms with Crippen LogP contribution in [0.1, 0.15) is 42.6 Å². The normalized spacial score (nSPS) is 19.0. The highest BCUT2D eigenvalue weighted by Gasteiger charge is 2.60. The highest BCUT2D eigenvalue weighted by atomic mass is 16.6. The lowest BCUT2D eigenvalue weighted by molar-refractivity contribution is -0.485. The second-order valence-corrected chi connectivity index (χ2v) is 8.41. The van der Waals surface area contributed by atoms with Gasteiger partial charge in [-0.1, -0.05) is 36.4 Å². The quantitative estimate of drug-likeness (QED) is 0.300. The molecule has 0 fully saturated rings. The molecule has 0 amide bonds. The Labute approximate surface area is 180 Å². The van der Waals surface area contributed by atoms with Gasteiger partial charge in [-0.2, -0.15) is 0 Å². The second kappa shape index (κ2) is 8.37. The number of hydrogen-bond donors (Lipinski definition) is 0. The maximum absolute atomic E-state index is 13.9. The number of ether oxygens (including phenoxy) is 3. The number of para-hydroxylation sites is 1. The van der Waals surface area contributed by atoms with E-state index in [4.69, 9.17) is 14.2 Å². The molecule has 0 aromatic heterocycles. The van der Waals surface area contributed by atoms with E-state index in [1.54, 1.807) is 63.2 Å². The minimum absolute atomic E-state index is 0.126. The fraction of sp³-hybridized carbons (Fsp3) is 0.391. The Kier molecular flexibility index (Phi) is 6.01. The molecule has 0 N–H and O–H groups in total. The van der Waals surface area contributed by atoms with E-state index in [1.165, 1.54) is 13.2 Å². The molecule has 164 valence electrons. The average Bonchev–Trinajstić information content (AvgIpc) is 2.71. The van der Waals surface area contributed by atoms with Gasteiger partial charge in [-0.3, -0.25) is 19.7 Å². The number of carbonyl (C=O) groups excluding carboxylic acids is 2. The van der Waals surface area contributed by atoms with Crippen molar-refractivity contribution in [2.24, 2.45) is 5.41 Å². The van der Waals surface area contributed by atoms with Crippen LogP contribution in [0.5, 0.6) is 11.5 Å². The molecule has 8 nitrogen and oxygen atoms in total. The Morgan fingerprint density at radius 2 is 1.87 bits per heavy atom. The number of Topliss-reactive ketones (excluding diaryl/α,β-unsaturated/α-hetero) is 1. The van der Waals surface area contributed by atoms with E-state index >= 15 is 0 Å². The Bertz CT molecular complexity index is 997. The fourth-order valence-electron chi connectivity index (χ4n) is 3.80. The Morgan fingerprint density at radius 3 is 2.45 bits per heavy atom. The van der Waals surface area contributed by atoms with Gasteiger partial charge in [0.1, 0.15) is 12.2 Å². The number of hydrogen-bond acceptors (Lipinski definition) is 7. The smallest absolute Gasteiger partial charge is 0.325 e. The standard InChI is InChI=1S/C23H25NO7/c1-22(2,3)31-21(26)23(17(13-24(27)28)15-9-6-5-7-10-15)14-30-19-16(20(23)25)11-8-12-18(19)29-4/h5-12,17H,13-14H2,1-4H3/t17-,23+/m1/s1. The van der Waals surface area contributed by atoms with Crippen molar-refractivity contribution in [1.29, 1.82) is 0 Å². The van der Waals surface area contributed by atoms with Gasteiger partial charge in [-0.15, -0.1) is 0 Å². The van der Waals surface area contributed by atoms with Gasteiger partial charge in [0.25, 0.3) is 0 Å². The number of esters is 1. The maximum atomic E-state index is 13.9. The molecule has 2 aromatic carbocycles. The molecule has 1 aliphatic rings. The van der Waals surface area contributed by atoms with Gasteiger partial charge in [0, 0.05) is 4.92 Å². The highest BCUT2D eigenvalue weighted by molar-refractivity contribution is 6.16. The number of ketones is 1. The number of carbonyl (C=O) groups is 2. The van der Waals surface area contributed by atoms with Crippen LogP contribution in [0.25, 0.3) is 0 Å². The zero-order valence-corrected chi connectivity index (χ0v) is 17.9. The van der Waals surface area contributed by atoms with Crippen LogP contribution >= 0.6 is 0 Å². The maximum Gasteiger partial charge on any atom is 0.325 e. The van der Waals surface area contributed by atoms with Crippen LogP contribution in [0.2, 0.25) is 0 Å². The molecule has 0 aliphatic carbocycles. The van der Waals surface area contributed by atoms with Gasteiger partial charge < -0.3 is 14.2 Å². The summed E-state index contributed by atoms with van der Waals surface area (Å²) in [5.41, 5.74) is -2.23. The largest absolute Gasteiger partial charge is 0.493 e. The fourth-order valence-corrected chi connectivity index (χ4v) is 3.80. The number of rotatable bonds is 6. The molecule has 0 radical (unpaired) electrons. The Balaban J connectivity index is 2.23. The summed E-state index contributed by atoms with van der Waals surface area (Å²) in [6.07, 6.45) is 0. The van der Waals surface area contributed by atoms with E-state index in [0.717, 1.165) is 0 Å². The van der Waals surface area contributed by atoms with Crippen molar-refractivity contribution < 1.29 is 28.7 Å². The number of nitro groups is 1. The number of nitrogens with zero attached hydrogens (tertiary/aromatic N) is 1. The predicted octanol–water partition coefficient (Wildman–Crippen LogP) is 3.66. The van der Waals surface area contributed by atoms with Crippen LogP contribution < -0.4 is 9.47 Å². The van der Waals surface area contributed by atoms with E-state index in [1.807, 2.05) is 0 Å². The summed E-state index contributed by atoms with van der Waals surface area (Å²) < 4.78 is 16.8. The van der Waals surface area contributed by atoms with Crippen LogP contribution in [0.15, 0.2) is 48.5 Å². The molecule has 0 saturated heterocycles. The zero-order valence-electron chi connectivity index (χ0n) is 17.9. The van der Waals surface area contributed by atoms with Gasteiger partial charge in [0.05, 0.1) is 18.6 Å². The van der Waals surface area contributed by atoms with Crippen LogP contribution in [0.4, 0.5) is 0 Å². The second-order valence-electron chi connectivity index (χ2n) is 8.41. The monoisotopic (exact) mass is 427 g/mol. The van der Waals surface area contributed by atoms with Crippen LogP contribution in [-0.2, 0) is 9.53 Å². The van der Waals surface area contributed by atoms with Gasteiger partial charge in [-0.25, -0.2) is 0 Å². The lowest BCUT2D eigenvalue weighted by Gasteiger charge is -2.40. The first-order valence-corrected chi connectivity index (χ1v) is 9.85. The van der Waals surface area contributed by atoms with Gasteiger partial charge >= 0.3 is 5.97 Å². The molecule has 1 aliphatic heterocycles. The first kappa shape index (κ1) is 22.3. The summed E-state index contributed by atoms with van der Waals surface area (Å²) in [5.74, 6) is -1.98. The molecule has 0 spiro atoms. The summed E-state index contributed by atoms with van der Waals surface area (Å²) in [5, 5.41) is 11.6. The molecule has 8 heteroatoms. The van der Waals surface area contributed by atoms with Crippen molar-refractivity contribution >= 4 is 11.8 Å². The van der Waals surface area contributed by atoms with Gasteiger partial charge in [0.15, 0.2) is 22.7 Å². The minimum Gasteiger partial charge on any atom is -0.493 e. The van der Waals surface area contributed by atoms with E-state index in [9.17, 15) is 19.7 Å². The van der Waals surface area contributed by atoms with Crippen molar-refractivity contribution in [3.63, 3.8) is 0 Å². The predicted molar refractivity (Wildman–Crippen MR) is 112 cm³/mol. The highest BCUT2D eigenvalue weighted by Crippen LogP contribution is 2.48. The Morgan fingerprint density at radius 1 is 1.19 bits per heavy atom. The van der Waals surface area contributed by atoms with E-state index in [-0.39, 0.29) is 11.3 Å². The first-order valence-electron chi connectivity index (χ1n) is 9.85. The first-order chi connectivity index (χ1) is 14.6. The summed E-state index contributed by atoms with van der Waals surface area (Å²) in [6.45, 7) is 3.98. The van der Waals surface area contributed by atoms with E-state index in [0.29, 0.717) is 11.3 Å². The van der Waals surface area contributed by atoms with Crippen LogP contribution in [-0.4, -0.2) is 42.5 Å². The van der Waals surface area contributed by atoms with Crippen molar-refractivity contribution in [2.45, 2.75) is 32.3 Å². The zero-order chi connectivity index (χ0) is 22.8. The van der Waals surface area contributed by atoms with Crippen LogP contribution in [0.3, 0.4) is 0 Å². The number of methoxy groups -OCH3 is 1. The van der Waals surface area contributed by atoms with Crippen molar-refractivity contribution in [3.05, 3.63) is 69.8 Å². The molecule has 0 unspecified atom stereocenters. The summed E-state index contributed by atoms with van der Waals surface area (Å²) in [4.78, 5) is 38.5. The molecule has 1 heterocycles. The molecule has 31 heavy (non-hydrogen) atoms. The molecular formula is C23H25NO7. The number of benzene rings is 2. The van der Waals surface area contributed by atoms with Gasteiger partial charge in [-0.05, 0) is 38.5 Å². The van der Waals surface area contributed by atoms with Crippen molar-refractivity contribution in [3.8, 4) is 11.5 Å². The van der Waals surface area contributed by atoms with E-state index in [2.05, 4.69) is 0 Å². The van der Waals surface area contributed by atoms with Crippen molar-refractivity contribution in [2.75, 3.05) is 20.3 Å². The summed E-state index contributed by atoms with van der Waals surface area (Å²) in [6, 6.07) is 13.3. The SMILES string of the molecule is COc1cccc2c1OC[C@](C(=O)OC(C)(C)C)([C@H](C[N+](=O)[O-])c1ccccc1)C2=O. The van der Waals surface area contributed by atoms with Crippen LogP contribution in [0, 0.1) is 15.5 Å². The lowest BCUT2D eigenvalue weighted by Crippen LogP contribution is -2.55.